The van der Waals surface area contributed by atoms with Crippen LogP contribution < -0.4 is 10.6 Å². The predicted molar refractivity (Wildman–Crippen MR) is 205 cm³/mol. The Kier molecular flexibility index (Phi) is 6.39. The zero-order chi connectivity index (χ0) is 32.3. The van der Waals surface area contributed by atoms with Crippen LogP contribution in [0.3, 0.4) is 0 Å². The summed E-state index contributed by atoms with van der Waals surface area (Å²) in [5, 5.41) is 15.5. The molecule has 0 fully saturated rings. The normalized spacial score (nSPS) is 15.8. The third-order valence-electron chi connectivity index (χ3n) is 10.2. The van der Waals surface area contributed by atoms with Gasteiger partial charge in [-0.1, -0.05) is 140 Å². The summed E-state index contributed by atoms with van der Waals surface area (Å²) < 4.78 is 2.45. The third-order valence-corrected chi connectivity index (χ3v) is 10.2. The first kappa shape index (κ1) is 27.9. The van der Waals surface area contributed by atoms with Crippen LogP contribution in [0.5, 0.6) is 0 Å². The maximum absolute atomic E-state index is 4.00. The summed E-state index contributed by atoms with van der Waals surface area (Å²) in [4.78, 5) is 0. The van der Waals surface area contributed by atoms with Crippen LogP contribution in [0.15, 0.2) is 176 Å². The highest BCUT2D eigenvalue weighted by atomic mass is 15.2. The number of rotatable bonds is 4. The fourth-order valence-electron chi connectivity index (χ4n) is 7.99. The molecule has 10 rings (SSSR count). The Balaban J connectivity index is 1.12. The van der Waals surface area contributed by atoms with Gasteiger partial charge in [-0.25, -0.2) is 0 Å². The maximum atomic E-state index is 4.00. The summed E-state index contributed by atoms with van der Waals surface area (Å²) in [6, 6.07) is 63.9. The lowest BCUT2D eigenvalue weighted by atomic mass is 9.91. The smallest absolute Gasteiger partial charge is 0.104 e. The minimum absolute atomic E-state index is 0.0285. The molecule has 0 saturated carbocycles. The van der Waals surface area contributed by atoms with Gasteiger partial charge in [-0.3, -0.25) is 5.32 Å². The van der Waals surface area contributed by atoms with E-state index in [1.165, 1.54) is 71.2 Å². The zero-order valence-electron chi connectivity index (χ0n) is 26.8. The van der Waals surface area contributed by atoms with Crippen molar-refractivity contribution in [3.63, 3.8) is 0 Å². The van der Waals surface area contributed by atoms with Crippen molar-refractivity contribution in [2.45, 2.75) is 12.2 Å². The zero-order valence-corrected chi connectivity index (χ0v) is 26.8. The highest BCUT2D eigenvalue weighted by Crippen LogP contribution is 2.42. The fourth-order valence-corrected chi connectivity index (χ4v) is 7.99. The van der Waals surface area contributed by atoms with E-state index >= 15 is 0 Å². The van der Waals surface area contributed by atoms with Crippen molar-refractivity contribution in [2.75, 3.05) is 5.32 Å². The van der Waals surface area contributed by atoms with Gasteiger partial charge >= 0.3 is 0 Å². The molecule has 1 aliphatic heterocycles. The molecule has 9 aromatic rings. The van der Waals surface area contributed by atoms with E-state index in [4.69, 9.17) is 0 Å². The van der Waals surface area contributed by atoms with Gasteiger partial charge in [0, 0.05) is 22.1 Å². The molecule has 0 saturated heterocycles. The Morgan fingerprint density at radius 1 is 0.449 bits per heavy atom. The van der Waals surface area contributed by atoms with E-state index in [9.17, 15) is 0 Å². The standard InChI is InChI=1S/C46H33N3/c1-2-12-30(13-3-1)33-16-10-17-34(28-33)45-39-22-8-9-23-40(39)47-46(48-45)35-18-11-19-36(29-35)49-41-26-24-31-14-4-6-20-37(31)43(41)44-38-21-7-5-15-32(38)25-27-42(44)49/h1-29,45-48H. The molecule has 0 bridgehead atoms. The van der Waals surface area contributed by atoms with Gasteiger partial charge in [-0.05, 0) is 85.8 Å². The number of hydrogen-bond donors (Lipinski definition) is 2. The quantitative estimate of drug-likeness (QED) is 0.203. The molecule has 232 valence electrons. The summed E-state index contributed by atoms with van der Waals surface area (Å²) in [5.74, 6) is 0. The minimum Gasteiger partial charge on any atom is -0.366 e. The van der Waals surface area contributed by atoms with Gasteiger partial charge in [0.05, 0.1) is 17.1 Å². The highest BCUT2D eigenvalue weighted by molar-refractivity contribution is 6.28. The molecule has 49 heavy (non-hydrogen) atoms. The Bertz CT molecular complexity index is 2590. The Hall–Kier alpha value is -6.16. The minimum atomic E-state index is -0.0880. The number of nitrogens with zero attached hydrogens (tertiary/aromatic N) is 1. The van der Waals surface area contributed by atoms with Crippen LogP contribution in [0.1, 0.15) is 28.9 Å². The Labute approximate surface area is 285 Å². The van der Waals surface area contributed by atoms with Crippen molar-refractivity contribution in [1.29, 1.82) is 0 Å². The number of aromatic nitrogens is 1. The first-order valence-electron chi connectivity index (χ1n) is 17.0. The lowest BCUT2D eigenvalue weighted by molar-refractivity contribution is 0.506. The molecular formula is C46H33N3. The lowest BCUT2D eigenvalue weighted by Gasteiger charge is -2.35. The number of anilines is 1. The van der Waals surface area contributed by atoms with Gasteiger partial charge in [0.1, 0.15) is 6.17 Å². The van der Waals surface area contributed by atoms with Crippen LogP contribution in [-0.2, 0) is 0 Å². The molecule has 3 nitrogen and oxygen atoms in total. The van der Waals surface area contributed by atoms with Gasteiger partial charge in [-0.15, -0.1) is 0 Å². The number of fused-ring (bicyclic) bond motifs is 8. The summed E-state index contributed by atoms with van der Waals surface area (Å²) in [5.41, 5.74) is 10.9. The van der Waals surface area contributed by atoms with E-state index in [0.29, 0.717) is 0 Å². The molecule has 0 amide bonds. The molecule has 1 aromatic heterocycles. The van der Waals surface area contributed by atoms with Gasteiger partial charge in [0.2, 0.25) is 0 Å². The summed E-state index contributed by atoms with van der Waals surface area (Å²) in [6.07, 6.45) is -0.0880. The van der Waals surface area contributed by atoms with Crippen molar-refractivity contribution in [2.24, 2.45) is 0 Å². The predicted octanol–water partition coefficient (Wildman–Crippen LogP) is 11.6. The molecule has 2 atom stereocenters. The van der Waals surface area contributed by atoms with Crippen LogP contribution in [0, 0.1) is 0 Å². The molecule has 0 radical (unpaired) electrons. The Morgan fingerprint density at radius 3 is 1.82 bits per heavy atom. The van der Waals surface area contributed by atoms with Crippen LogP contribution in [0.4, 0.5) is 5.69 Å². The lowest BCUT2D eigenvalue weighted by Crippen LogP contribution is -2.37. The molecule has 1 aliphatic rings. The van der Waals surface area contributed by atoms with Crippen molar-refractivity contribution in [3.8, 4) is 16.8 Å². The van der Waals surface area contributed by atoms with E-state index in [0.717, 1.165) is 11.4 Å². The van der Waals surface area contributed by atoms with E-state index in [2.05, 4.69) is 191 Å². The molecule has 3 heteroatoms. The van der Waals surface area contributed by atoms with Crippen molar-refractivity contribution in [3.05, 3.63) is 193 Å². The van der Waals surface area contributed by atoms with Crippen LogP contribution in [-0.4, -0.2) is 4.57 Å². The molecule has 2 heterocycles. The average molecular weight is 628 g/mol. The van der Waals surface area contributed by atoms with E-state index < -0.39 is 0 Å². The van der Waals surface area contributed by atoms with E-state index in [-0.39, 0.29) is 12.2 Å². The van der Waals surface area contributed by atoms with Crippen molar-refractivity contribution < 1.29 is 0 Å². The van der Waals surface area contributed by atoms with Crippen LogP contribution in [0.25, 0.3) is 60.2 Å². The van der Waals surface area contributed by atoms with Crippen molar-refractivity contribution >= 4 is 49.0 Å². The third kappa shape index (κ3) is 4.55. The fraction of sp³-hybridized carbons (Fsp3) is 0.0435. The molecule has 0 spiro atoms. The molecular weight excluding hydrogens is 595 g/mol. The number of hydrogen-bond acceptors (Lipinski definition) is 2. The SMILES string of the molecule is c1ccc(-c2cccc(C3NC(c4cccc(-n5c6ccc7ccccc7c6c6c7ccccc7ccc65)c4)Nc4ccccc43)c2)cc1. The first-order chi connectivity index (χ1) is 24.3. The van der Waals surface area contributed by atoms with Crippen LogP contribution in [0.2, 0.25) is 0 Å². The molecule has 2 unspecified atom stereocenters. The van der Waals surface area contributed by atoms with E-state index in [1.807, 2.05) is 0 Å². The van der Waals surface area contributed by atoms with Gasteiger partial charge in [0.15, 0.2) is 0 Å². The average Bonchev–Trinajstić information content (AvgIpc) is 3.53. The monoisotopic (exact) mass is 627 g/mol. The molecule has 0 aliphatic carbocycles. The molecule has 8 aromatic carbocycles. The summed E-state index contributed by atoms with van der Waals surface area (Å²) >= 11 is 0. The largest absolute Gasteiger partial charge is 0.366 e. The van der Waals surface area contributed by atoms with E-state index in [1.54, 1.807) is 0 Å². The maximum Gasteiger partial charge on any atom is 0.104 e. The number of nitrogens with one attached hydrogen (secondary N) is 2. The van der Waals surface area contributed by atoms with Gasteiger partial charge < -0.3 is 9.88 Å². The summed E-state index contributed by atoms with van der Waals surface area (Å²) in [6.45, 7) is 0. The Morgan fingerprint density at radius 2 is 1.06 bits per heavy atom. The number of benzene rings is 8. The second-order valence-electron chi connectivity index (χ2n) is 13.0. The second kappa shape index (κ2) is 11.2. The number of para-hydroxylation sites is 1. The highest BCUT2D eigenvalue weighted by Gasteiger charge is 2.28. The van der Waals surface area contributed by atoms with Crippen LogP contribution >= 0.6 is 0 Å². The van der Waals surface area contributed by atoms with Gasteiger partial charge in [0.25, 0.3) is 0 Å². The summed E-state index contributed by atoms with van der Waals surface area (Å²) in [7, 11) is 0. The van der Waals surface area contributed by atoms with Crippen molar-refractivity contribution in [1.82, 2.24) is 9.88 Å². The first-order valence-corrected chi connectivity index (χ1v) is 17.0. The van der Waals surface area contributed by atoms with Gasteiger partial charge in [-0.2, -0.15) is 0 Å². The molecule has 2 N–H and O–H groups in total. The second-order valence-corrected chi connectivity index (χ2v) is 13.0. The topological polar surface area (TPSA) is 29.0 Å².